The van der Waals surface area contributed by atoms with Crippen molar-refractivity contribution in [2.45, 2.75) is 25.9 Å². The first-order valence-corrected chi connectivity index (χ1v) is 7.61. The molecule has 1 aliphatic heterocycles. The lowest BCUT2D eigenvalue weighted by molar-refractivity contribution is -0.130. The van der Waals surface area contributed by atoms with Crippen molar-refractivity contribution in [1.29, 1.82) is 0 Å². The third kappa shape index (κ3) is 2.67. The lowest BCUT2D eigenvalue weighted by atomic mass is 9.95. The number of nitrogens with zero attached hydrogens (tertiary/aromatic N) is 1. The minimum atomic E-state index is -0.712. The van der Waals surface area contributed by atoms with E-state index < -0.39 is 17.7 Å². The third-order valence-corrected chi connectivity index (χ3v) is 4.04. The second-order valence-corrected chi connectivity index (χ2v) is 5.55. The zero-order chi connectivity index (χ0) is 17.3. The smallest absolute Gasteiger partial charge is 0.290 e. The van der Waals surface area contributed by atoms with Gasteiger partial charge in [0.15, 0.2) is 11.5 Å². The number of aromatic hydroxyl groups is 1. The summed E-state index contributed by atoms with van der Waals surface area (Å²) in [6, 6.07) is 8.93. The third-order valence-electron chi connectivity index (χ3n) is 4.04. The number of aliphatic hydroxyl groups excluding tert-OH is 1. The van der Waals surface area contributed by atoms with Crippen LogP contribution in [0.25, 0.3) is 0 Å². The number of carbonyl (C=O) groups excluding carboxylic acids is 2. The molecule has 2 heterocycles. The predicted molar refractivity (Wildman–Crippen MR) is 85.1 cm³/mol. The summed E-state index contributed by atoms with van der Waals surface area (Å²) >= 11 is 0. The molecule has 6 nitrogen and oxygen atoms in total. The number of phenolic OH excluding ortho intramolecular Hbond substituents is 1. The zero-order valence-corrected chi connectivity index (χ0v) is 13.1. The molecule has 124 valence electrons. The molecule has 1 unspecified atom stereocenters. The molecule has 2 N–H and O–H groups in total. The first-order chi connectivity index (χ1) is 11.5. The van der Waals surface area contributed by atoms with Crippen LogP contribution in [0, 0.1) is 0 Å². The number of furan rings is 1. The van der Waals surface area contributed by atoms with Gasteiger partial charge in [0.2, 0.25) is 0 Å². The van der Waals surface area contributed by atoms with E-state index in [0.29, 0.717) is 11.3 Å². The maximum atomic E-state index is 12.5. The second-order valence-electron chi connectivity index (χ2n) is 5.55. The van der Waals surface area contributed by atoms with Crippen LogP contribution < -0.4 is 0 Å². The van der Waals surface area contributed by atoms with Crippen molar-refractivity contribution in [2.75, 3.05) is 0 Å². The van der Waals surface area contributed by atoms with Crippen LogP contribution in [0.3, 0.4) is 0 Å². The van der Waals surface area contributed by atoms with E-state index in [4.69, 9.17) is 4.42 Å². The monoisotopic (exact) mass is 327 g/mol. The topological polar surface area (TPSA) is 91.0 Å². The first kappa shape index (κ1) is 15.9. The molecule has 0 aliphatic carbocycles. The minimum Gasteiger partial charge on any atom is -0.508 e. The Kier molecular flexibility index (Phi) is 4.12. The summed E-state index contributed by atoms with van der Waals surface area (Å²) in [5.41, 5.74) is 0.716. The predicted octanol–water partition coefficient (Wildman–Crippen LogP) is 2.86. The van der Waals surface area contributed by atoms with Crippen LogP contribution in [-0.4, -0.2) is 26.8 Å². The van der Waals surface area contributed by atoms with Gasteiger partial charge < -0.3 is 19.5 Å². The minimum absolute atomic E-state index is 0.0808. The number of benzene rings is 1. The second kappa shape index (κ2) is 6.23. The molecule has 1 aromatic carbocycles. The number of phenols is 1. The van der Waals surface area contributed by atoms with Crippen LogP contribution >= 0.6 is 0 Å². The normalized spacial score (nSPS) is 17.6. The van der Waals surface area contributed by atoms with Crippen LogP contribution in [-0.2, 0) is 16.1 Å². The average molecular weight is 327 g/mol. The van der Waals surface area contributed by atoms with Gasteiger partial charge in [-0.05, 0) is 29.8 Å². The lowest BCUT2D eigenvalue weighted by Crippen LogP contribution is -2.30. The molecule has 2 aromatic rings. The van der Waals surface area contributed by atoms with E-state index in [0.717, 1.165) is 0 Å². The molecule has 0 saturated heterocycles. The molecule has 1 aromatic heterocycles. The Morgan fingerprint density at radius 2 is 1.92 bits per heavy atom. The number of hydrogen-bond acceptors (Lipinski definition) is 5. The Balaban J connectivity index is 2.05. The number of carbonyl (C=O) groups is 2. The van der Waals surface area contributed by atoms with Crippen molar-refractivity contribution in [3.05, 3.63) is 65.3 Å². The van der Waals surface area contributed by atoms with Gasteiger partial charge in [-0.1, -0.05) is 19.1 Å². The SMILES string of the molecule is CCC(=O)C1=C(O)C(=O)N(Cc2ccco2)C1c1ccc(O)cc1. The van der Waals surface area contributed by atoms with Gasteiger partial charge in [0.1, 0.15) is 11.5 Å². The molecule has 0 radical (unpaired) electrons. The molecule has 1 atom stereocenters. The maximum Gasteiger partial charge on any atom is 0.290 e. The Hall–Kier alpha value is -3.02. The van der Waals surface area contributed by atoms with Crippen molar-refractivity contribution in [1.82, 2.24) is 4.90 Å². The first-order valence-electron chi connectivity index (χ1n) is 7.61. The summed E-state index contributed by atoms with van der Waals surface area (Å²) in [6.45, 7) is 1.80. The quantitative estimate of drug-likeness (QED) is 0.881. The Bertz CT molecular complexity index is 789. The van der Waals surface area contributed by atoms with Crippen molar-refractivity contribution in [3.63, 3.8) is 0 Å². The van der Waals surface area contributed by atoms with Crippen molar-refractivity contribution in [2.24, 2.45) is 0 Å². The molecule has 0 bridgehead atoms. The molecule has 1 aliphatic rings. The Morgan fingerprint density at radius 3 is 2.50 bits per heavy atom. The molecule has 3 rings (SSSR count). The molecular weight excluding hydrogens is 310 g/mol. The summed E-state index contributed by atoms with van der Waals surface area (Å²) in [5.74, 6) is -0.795. The van der Waals surface area contributed by atoms with E-state index in [1.165, 1.54) is 23.3 Å². The van der Waals surface area contributed by atoms with Gasteiger partial charge in [0, 0.05) is 6.42 Å². The van der Waals surface area contributed by atoms with Crippen LogP contribution in [0.15, 0.2) is 58.4 Å². The molecule has 0 fully saturated rings. The Labute approximate surface area is 138 Å². The van der Waals surface area contributed by atoms with Gasteiger partial charge >= 0.3 is 0 Å². The van der Waals surface area contributed by atoms with E-state index in [1.54, 1.807) is 31.2 Å². The van der Waals surface area contributed by atoms with Gasteiger partial charge in [-0.2, -0.15) is 0 Å². The van der Waals surface area contributed by atoms with Crippen LogP contribution in [0.5, 0.6) is 5.75 Å². The van der Waals surface area contributed by atoms with Crippen LogP contribution in [0.2, 0.25) is 0 Å². The fourth-order valence-corrected chi connectivity index (χ4v) is 2.87. The highest BCUT2D eigenvalue weighted by Crippen LogP contribution is 2.39. The highest BCUT2D eigenvalue weighted by atomic mass is 16.3. The van der Waals surface area contributed by atoms with E-state index >= 15 is 0 Å². The van der Waals surface area contributed by atoms with E-state index in [2.05, 4.69) is 0 Å². The Morgan fingerprint density at radius 1 is 1.21 bits per heavy atom. The fourth-order valence-electron chi connectivity index (χ4n) is 2.87. The van der Waals surface area contributed by atoms with Crippen molar-refractivity contribution < 1.29 is 24.2 Å². The molecule has 0 spiro atoms. The molecular formula is C18H17NO5. The summed E-state index contributed by atoms with van der Waals surface area (Å²) in [5, 5.41) is 19.7. The van der Waals surface area contributed by atoms with Crippen molar-refractivity contribution >= 4 is 11.7 Å². The zero-order valence-electron chi connectivity index (χ0n) is 13.1. The number of Topliss-reactive ketones (excluding diaryl/α,β-unsaturated/α-hetero) is 1. The van der Waals surface area contributed by atoms with Gasteiger partial charge in [-0.15, -0.1) is 0 Å². The largest absolute Gasteiger partial charge is 0.508 e. The van der Waals surface area contributed by atoms with Gasteiger partial charge in [-0.25, -0.2) is 0 Å². The number of hydrogen-bond donors (Lipinski definition) is 2. The summed E-state index contributed by atoms with van der Waals surface area (Å²) in [6.07, 6.45) is 1.67. The van der Waals surface area contributed by atoms with E-state index in [1.807, 2.05) is 0 Å². The van der Waals surface area contributed by atoms with Gasteiger partial charge in [0.05, 0.1) is 24.4 Å². The summed E-state index contributed by atoms with van der Waals surface area (Å²) in [7, 11) is 0. The molecule has 1 amide bonds. The van der Waals surface area contributed by atoms with E-state index in [9.17, 15) is 19.8 Å². The standard InChI is InChI=1S/C18H17NO5/c1-2-14(21)15-16(11-5-7-12(20)8-6-11)19(18(23)17(15)22)10-13-4-3-9-24-13/h3-9,16,20,22H,2,10H2,1H3. The number of amides is 1. The summed E-state index contributed by atoms with van der Waals surface area (Å²) < 4.78 is 5.29. The molecule has 6 heteroatoms. The maximum absolute atomic E-state index is 12.5. The van der Waals surface area contributed by atoms with Crippen LogP contribution in [0.4, 0.5) is 0 Å². The highest BCUT2D eigenvalue weighted by molar-refractivity contribution is 6.08. The molecule has 24 heavy (non-hydrogen) atoms. The lowest BCUT2D eigenvalue weighted by Gasteiger charge is -2.26. The number of ketones is 1. The molecule has 0 saturated carbocycles. The van der Waals surface area contributed by atoms with Crippen LogP contribution in [0.1, 0.15) is 30.7 Å². The van der Waals surface area contributed by atoms with E-state index in [-0.39, 0.29) is 30.1 Å². The van der Waals surface area contributed by atoms with Gasteiger partial charge in [0.25, 0.3) is 5.91 Å². The number of rotatable bonds is 5. The van der Waals surface area contributed by atoms with Gasteiger partial charge in [-0.3, -0.25) is 9.59 Å². The number of aliphatic hydroxyl groups is 1. The summed E-state index contributed by atoms with van der Waals surface area (Å²) in [4.78, 5) is 26.2. The van der Waals surface area contributed by atoms with Crippen molar-refractivity contribution in [3.8, 4) is 5.75 Å². The average Bonchev–Trinajstić information content (AvgIpc) is 3.17. The highest BCUT2D eigenvalue weighted by Gasteiger charge is 2.43. The fraction of sp³-hybridized carbons (Fsp3) is 0.222.